The monoisotopic (exact) mass is 290 g/mol. The van der Waals surface area contributed by atoms with Gasteiger partial charge in [0.05, 0.1) is 5.69 Å². The predicted molar refractivity (Wildman–Crippen MR) is 88.2 cm³/mol. The predicted octanol–water partition coefficient (Wildman–Crippen LogP) is 2.11. The van der Waals surface area contributed by atoms with E-state index in [2.05, 4.69) is 60.3 Å². The summed E-state index contributed by atoms with van der Waals surface area (Å²) in [6, 6.07) is 4.34. The Morgan fingerprint density at radius 2 is 2.00 bits per heavy atom. The van der Waals surface area contributed by atoms with E-state index in [1.54, 1.807) is 0 Å². The van der Waals surface area contributed by atoms with Crippen LogP contribution in [0.15, 0.2) is 18.3 Å². The number of nitrogens with one attached hydrogen (secondary N) is 1. The van der Waals surface area contributed by atoms with Crippen molar-refractivity contribution in [3.63, 3.8) is 0 Å². The molecule has 0 spiro atoms. The van der Waals surface area contributed by atoms with Gasteiger partial charge in [-0.3, -0.25) is 9.88 Å². The molecular weight excluding hydrogens is 260 g/mol. The molecule has 1 aliphatic carbocycles. The molecular formula is C17H30N4. The maximum Gasteiger partial charge on any atom is 0.0544 e. The molecule has 0 unspecified atom stereocenters. The van der Waals surface area contributed by atoms with Gasteiger partial charge >= 0.3 is 0 Å². The number of hydrogen-bond acceptors (Lipinski definition) is 4. The Bertz CT molecular complexity index is 423. The van der Waals surface area contributed by atoms with Crippen LogP contribution < -0.4 is 5.32 Å². The van der Waals surface area contributed by atoms with Gasteiger partial charge in [-0.05, 0) is 58.6 Å². The molecule has 2 rings (SSSR count). The van der Waals surface area contributed by atoms with Crippen LogP contribution in [-0.4, -0.2) is 54.6 Å². The standard InChI is InChI=1S/C17H30N4/c1-5-18-11-15-7-8-16(19-12-15)13-21(4)14-17(20(2)3)9-6-10-17/h7-8,12,18H,5-6,9-11,13-14H2,1-4H3. The van der Waals surface area contributed by atoms with Crippen LogP contribution in [0.1, 0.15) is 37.4 Å². The summed E-state index contributed by atoms with van der Waals surface area (Å²) in [4.78, 5) is 9.41. The van der Waals surface area contributed by atoms with Crippen LogP contribution in [0.25, 0.3) is 0 Å². The van der Waals surface area contributed by atoms with E-state index in [0.717, 1.165) is 31.9 Å². The lowest BCUT2D eigenvalue weighted by Gasteiger charge is -2.49. The van der Waals surface area contributed by atoms with Gasteiger partial charge in [0.2, 0.25) is 0 Å². The minimum atomic E-state index is 0.389. The van der Waals surface area contributed by atoms with E-state index >= 15 is 0 Å². The molecule has 4 heteroatoms. The summed E-state index contributed by atoms with van der Waals surface area (Å²) in [5.74, 6) is 0. The molecule has 1 fully saturated rings. The molecule has 0 atom stereocenters. The first-order valence-electron chi connectivity index (χ1n) is 8.06. The summed E-state index contributed by atoms with van der Waals surface area (Å²) in [6.07, 6.45) is 6.00. The van der Waals surface area contributed by atoms with Gasteiger partial charge in [-0.25, -0.2) is 0 Å². The van der Waals surface area contributed by atoms with E-state index in [-0.39, 0.29) is 0 Å². The summed E-state index contributed by atoms with van der Waals surface area (Å²) in [5, 5.41) is 3.33. The second-order valence-corrected chi connectivity index (χ2v) is 6.58. The molecule has 0 aromatic carbocycles. The molecule has 118 valence electrons. The maximum atomic E-state index is 4.60. The molecule has 1 saturated carbocycles. The molecule has 1 heterocycles. The van der Waals surface area contributed by atoms with Crippen molar-refractivity contribution in [1.82, 2.24) is 20.1 Å². The number of likely N-dealkylation sites (N-methyl/N-ethyl adjacent to an activating group) is 2. The SMILES string of the molecule is CCNCc1ccc(CN(C)CC2(N(C)C)CCC2)nc1. The van der Waals surface area contributed by atoms with Gasteiger partial charge in [-0.1, -0.05) is 13.0 Å². The van der Waals surface area contributed by atoms with Crippen molar-refractivity contribution in [2.45, 2.75) is 44.8 Å². The quantitative estimate of drug-likeness (QED) is 0.794. The largest absolute Gasteiger partial charge is 0.313 e. The Kier molecular flexibility index (Phi) is 5.73. The number of nitrogens with zero attached hydrogens (tertiary/aromatic N) is 3. The highest BCUT2D eigenvalue weighted by atomic mass is 15.2. The molecule has 4 nitrogen and oxygen atoms in total. The van der Waals surface area contributed by atoms with Crippen LogP contribution in [0.3, 0.4) is 0 Å². The Morgan fingerprint density at radius 3 is 2.48 bits per heavy atom. The third kappa shape index (κ3) is 4.25. The summed E-state index contributed by atoms with van der Waals surface area (Å²) in [6.45, 7) is 6.08. The van der Waals surface area contributed by atoms with E-state index < -0.39 is 0 Å². The Morgan fingerprint density at radius 1 is 1.24 bits per heavy atom. The second kappa shape index (κ2) is 7.34. The number of pyridine rings is 1. The molecule has 0 saturated heterocycles. The van der Waals surface area contributed by atoms with Gasteiger partial charge < -0.3 is 10.2 Å². The van der Waals surface area contributed by atoms with Gasteiger partial charge in [0, 0.05) is 31.4 Å². The van der Waals surface area contributed by atoms with E-state index in [1.165, 1.54) is 24.8 Å². The second-order valence-electron chi connectivity index (χ2n) is 6.58. The maximum absolute atomic E-state index is 4.60. The number of hydrogen-bond donors (Lipinski definition) is 1. The highest BCUT2D eigenvalue weighted by molar-refractivity contribution is 5.14. The van der Waals surface area contributed by atoms with Crippen LogP contribution in [0.2, 0.25) is 0 Å². The van der Waals surface area contributed by atoms with Crippen molar-refractivity contribution in [3.8, 4) is 0 Å². The van der Waals surface area contributed by atoms with Crippen LogP contribution in [-0.2, 0) is 13.1 Å². The van der Waals surface area contributed by atoms with Crippen molar-refractivity contribution in [3.05, 3.63) is 29.6 Å². The minimum Gasteiger partial charge on any atom is -0.313 e. The summed E-state index contributed by atoms with van der Waals surface area (Å²) in [5.41, 5.74) is 2.80. The van der Waals surface area contributed by atoms with Crippen LogP contribution in [0, 0.1) is 0 Å². The van der Waals surface area contributed by atoms with Gasteiger partial charge in [-0.2, -0.15) is 0 Å². The molecule has 0 radical (unpaired) electrons. The fourth-order valence-electron chi connectivity index (χ4n) is 3.09. The summed E-state index contributed by atoms with van der Waals surface area (Å²) < 4.78 is 0. The van der Waals surface area contributed by atoms with Gasteiger partial charge in [-0.15, -0.1) is 0 Å². The van der Waals surface area contributed by atoms with Crippen LogP contribution >= 0.6 is 0 Å². The summed E-state index contributed by atoms with van der Waals surface area (Å²) >= 11 is 0. The molecule has 0 amide bonds. The third-order valence-electron chi connectivity index (χ3n) is 4.69. The molecule has 1 aromatic rings. The van der Waals surface area contributed by atoms with E-state index in [0.29, 0.717) is 5.54 Å². The van der Waals surface area contributed by atoms with E-state index in [1.807, 2.05) is 6.20 Å². The smallest absolute Gasteiger partial charge is 0.0544 e. The third-order valence-corrected chi connectivity index (χ3v) is 4.69. The molecule has 0 aliphatic heterocycles. The van der Waals surface area contributed by atoms with Crippen molar-refractivity contribution >= 4 is 0 Å². The molecule has 21 heavy (non-hydrogen) atoms. The van der Waals surface area contributed by atoms with Gasteiger partial charge in [0.25, 0.3) is 0 Å². The van der Waals surface area contributed by atoms with Crippen LogP contribution in [0.5, 0.6) is 0 Å². The minimum absolute atomic E-state index is 0.389. The first kappa shape index (κ1) is 16.4. The molecule has 1 N–H and O–H groups in total. The fourth-order valence-corrected chi connectivity index (χ4v) is 3.09. The van der Waals surface area contributed by atoms with Gasteiger partial charge in [0.1, 0.15) is 0 Å². The van der Waals surface area contributed by atoms with Crippen LogP contribution in [0.4, 0.5) is 0 Å². The van der Waals surface area contributed by atoms with Crippen molar-refractivity contribution < 1.29 is 0 Å². The Hall–Kier alpha value is -0.970. The number of aromatic nitrogens is 1. The average molecular weight is 290 g/mol. The topological polar surface area (TPSA) is 31.4 Å². The summed E-state index contributed by atoms with van der Waals surface area (Å²) in [7, 11) is 6.62. The number of rotatable bonds is 8. The lowest BCUT2D eigenvalue weighted by atomic mass is 9.75. The fraction of sp³-hybridized carbons (Fsp3) is 0.706. The Labute approximate surface area is 129 Å². The lowest BCUT2D eigenvalue weighted by Crippen LogP contribution is -2.56. The molecule has 1 aliphatic rings. The molecule has 1 aromatic heterocycles. The van der Waals surface area contributed by atoms with Crippen molar-refractivity contribution in [2.24, 2.45) is 0 Å². The highest BCUT2D eigenvalue weighted by Crippen LogP contribution is 2.36. The van der Waals surface area contributed by atoms with Gasteiger partial charge in [0.15, 0.2) is 0 Å². The van der Waals surface area contributed by atoms with E-state index in [9.17, 15) is 0 Å². The van der Waals surface area contributed by atoms with Crippen molar-refractivity contribution in [1.29, 1.82) is 0 Å². The average Bonchev–Trinajstić information content (AvgIpc) is 2.41. The zero-order chi connectivity index (χ0) is 15.3. The van der Waals surface area contributed by atoms with Crippen molar-refractivity contribution in [2.75, 3.05) is 34.2 Å². The molecule has 0 bridgehead atoms. The zero-order valence-corrected chi connectivity index (χ0v) is 14.0. The van der Waals surface area contributed by atoms with E-state index in [4.69, 9.17) is 0 Å². The first-order chi connectivity index (χ1) is 10.1. The highest BCUT2D eigenvalue weighted by Gasteiger charge is 2.39. The zero-order valence-electron chi connectivity index (χ0n) is 14.0. The Balaban J connectivity index is 1.86. The lowest BCUT2D eigenvalue weighted by molar-refractivity contribution is 0.0256. The normalized spacial score (nSPS) is 17.2. The first-order valence-corrected chi connectivity index (χ1v) is 8.06.